The summed E-state index contributed by atoms with van der Waals surface area (Å²) in [4.78, 5) is 11.8. The highest BCUT2D eigenvalue weighted by Gasteiger charge is 2.17. The molecule has 21 heavy (non-hydrogen) atoms. The van der Waals surface area contributed by atoms with Crippen molar-refractivity contribution in [2.24, 2.45) is 11.1 Å². The van der Waals surface area contributed by atoms with Gasteiger partial charge in [0.1, 0.15) is 0 Å². The zero-order valence-electron chi connectivity index (χ0n) is 14.7. The van der Waals surface area contributed by atoms with E-state index < -0.39 is 0 Å². The van der Waals surface area contributed by atoms with Crippen LogP contribution < -0.4 is 11.1 Å². The molecular formula is C18H38N2O. The first-order valence-electron chi connectivity index (χ1n) is 8.98. The molecule has 3 nitrogen and oxygen atoms in total. The first-order chi connectivity index (χ1) is 10.0. The van der Waals surface area contributed by atoms with Gasteiger partial charge in [0.2, 0.25) is 5.91 Å². The average Bonchev–Trinajstić information content (AvgIpc) is 2.43. The molecule has 0 aliphatic rings. The summed E-state index contributed by atoms with van der Waals surface area (Å²) in [7, 11) is 0. The summed E-state index contributed by atoms with van der Waals surface area (Å²) in [5.74, 6) is 0.197. The van der Waals surface area contributed by atoms with E-state index in [1.54, 1.807) is 0 Å². The number of nitrogens with two attached hydrogens (primary N) is 1. The Kier molecular flexibility index (Phi) is 12.8. The van der Waals surface area contributed by atoms with E-state index >= 15 is 0 Å². The second-order valence-corrected chi connectivity index (χ2v) is 7.03. The fraction of sp³-hybridized carbons (Fsp3) is 0.944. The van der Waals surface area contributed by atoms with E-state index in [1.165, 1.54) is 44.9 Å². The SMILES string of the molecule is CCCCCCCCCCNC(=O)CCC(C)(C)CCN. The van der Waals surface area contributed by atoms with Crippen LogP contribution in [-0.4, -0.2) is 19.0 Å². The number of carbonyl (C=O) groups is 1. The lowest BCUT2D eigenvalue weighted by molar-refractivity contribution is -0.121. The topological polar surface area (TPSA) is 55.1 Å². The maximum absolute atomic E-state index is 11.8. The van der Waals surface area contributed by atoms with Crippen LogP contribution in [-0.2, 0) is 4.79 Å². The van der Waals surface area contributed by atoms with E-state index in [4.69, 9.17) is 5.73 Å². The second-order valence-electron chi connectivity index (χ2n) is 7.03. The summed E-state index contributed by atoms with van der Waals surface area (Å²) >= 11 is 0. The molecule has 0 aliphatic carbocycles. The molecule has 0 heterocycles. The van der Waals surface area contributed by atoms with Crippen molar-refractivity contribution in [3.63, 3.8) is 0 Å². The van der Waals surface area contributed by atoms with Gasteiger partial charge < -0.3 is 11.1 Å². The number of hydrogen-bond donors (Lipinski definition) is 2. The molecular weight excluding hydrogens is 260 g/mol. The molecule has 0 saturated carbocycles. The molecule has 0 spiro atoms. The van der Waals surface area contributed by atoms with Crippen molar-refractivity contribution in [1.82, 2.24) is 5.32 Å². The van der Waals surface area contributed by atoms with E-state index in [0.717, 1.165) is 25.8 Å². The van der Waals surface area contributed by atoms with E-state index in [9.17, 15) is 4.79 Å². The minimum absolute atomic E-state index is 0.185. The molecule has 0 aromatic rings. The van der Waals surface area contributed by atoms with Crippen molar-refractivity contribution in [2.45, 2.75) is 91.4 Å². The Morgan fingerprint density at radius 1 is 0.952 bits per heavy atom. The van der Waals surface area contributed by atoms with Gasteiger partial charge in [0.15, 0.2) is 0 Å². The predicted octanol–water partition coefficient (Wildman–Crippen LogP) is 4.40. The summed E-state index contributed by atoms with van der Waals surface area (Å²) in [6, 6.07) is 0. The van der Waals surface area contributed by atoms with Gasteiger partial charge in [0.25, 0.3) is 0 Å². The Hall–Kier alpha value is -0.570. The molecule has 0 saturated heterocycles. The van der Waals surface area contributed by atoms with Crippen LogP contribution in [0.3, 0.4) is 0 Å². The van der Waals surface area contributed by atoms with Crippen molar-refractivity contribution in [3.05, 3.63) is 0 Å². The van der Waals surface area contributed by atoms with Crippen molar-refractivity contribution >= 4 is 5.91 Å². The standard InChI is InChI=1S/C18H38N2O/c1-4-5-6-7-8-9-10-11-16-20-17(21)12-13-18(2,3)14-15-19/h4-16,19H2,1-3H3,(H,20,21). The molecule has 3 N–H and O–H groups in total. The summed E-state index contributed by atoms with van der Waals surface area (Å²) in [5, 5.41) is 3.04. The minimum atomic E-state index is 0.185. The van der Waals surface area contributed by atoms with Crippen LogP contribution >= 0.6 is 0 Å². The van der Waals surface area contributed by atoms with Gasteiger partial charge in [-0.1, -0.05) is 65.7 Å². The van der Waals surface area contributed by atoms with Crippen LogP contribution in [0.5, 0.6) is 0 Å². The van der Waals surface area contributed by atoms with Crippen LogP contribution in [0.1, 0.15) is 91.4 Å². The largest absolute Gasteiger partial charge is 0.356 e. The third-order valence-corrected chi connectivity index (χ3v) is 4.20. The number of carbonyl (C=O) groups excluding carboxylic acids is 1. The third kappa shape index (κ3) is 14.1. The van der Waals surface area contributed by atoms with Gasteiger partial charge in [-0.2, -0.15) is 0 Å². The third-order valence-electron chi connectivity index (χ3n) is 4.20. The number of amides is 1. The summed E-state index contributed by atoms with van der Waals surface area (Å²) in [6.07, 6.45) is 13.0. The molecule has 0 rings (SSSR count). The lowest BCUT2D eigenvalue weighted by Gasteiger charge is -2.23. The Labute approximate surface area is 132 Å². The lowest BCUT2D eigenvalue weighted by atomic mass is 9.84. The maximum atomic E-state index is 11.8. The van der Waals surface area contributed by atoms with Crippen LogP contribution in [0.4, 0.5) is 0 Å². The Morgan fingerprint density at radius 3 is 2.10 bits per heavy atom. The first-order valence-corrected chi connectivity index (χ1v) is 8.98. The highest BCUT2D eigenvalue weighted by atomic mass is 16.1. The maximum Gasteiger partial charge on any atom is 0.220 e. The molecule has 0 aromatic carbocycles. The van der Waals surface area contributed by atoms with Crippen molar-refractivity contribution < 1.29 is 4.79 Å². The number of rotatable bonds is 14. The molecule has 0 aliphatic heterocycles. The van der Waals surface area contributed by atoms with Gasteiger partial charge in [-0.3, -0.25) is 4.79 Å². The molecule has 3 heteroatoms. The molecule has 126 valence electrons. The van der Waals surface area contributed by atoms with Gasteiger partial charge in [0.05, 0.1) is 0 Å². The second kappa shape index (κ2) is 13.1. The van der Waals surface area contributed by atoms with Gasteiger partial charge >= 0.3 is 0 Å². The summed E-state index contributed by atoms with van der Waals surface area (Å²) in [5.41, 5.74) is 5.77. The summed E-state index contributed by atoms with van der Waals surface area (Å²) in [6.45, 7) is 8.16. The first kappa shape index (κ1) is 20.4. The number of unbranched alkanes of at least 4 members (excludes halogenated alkanes) is 7. The highest BCUT2D eigenvalue weighted by Crippen LogP contribution is 2.25. The zero-order chi connectivity index (χ0) is 16.0. The van der Waals surface area contributed by atoms with E-state index in [2.05, 4.69) is 26.1 Å². The molecule has 0 atom stereocenters. The van der Waals surface area contributed by atoms with Gasteiger partial charge in [0, 0.05) is 13.0 Å². The van der Waals surface area contributed by atoms with Crippen molar-refractivity contribution in [3.8, 4) is 0 Å². The quantitative estimate of drug-likeness (QED) is 0.467. The van der Waals surface area contributed by atoms with Crippen LogP contribution in [0.2, 0.25) is 0 Å². The normalized spacial score (nSPS) is 11.6. The van der Waals surface area contributed by atoms with Crippen LogP contribution in [0, 0.1) is 5.41 Å². The van der Waals surface area contributed by atoms with E-state index in [-0.39, 0.29) is 11.3 Å². The lowest BCUT2D eigenvalue weighted by Crippen LogP contribution is -2.26. The number of nitrogens with one attached hydrogen (secondary N) is 1. The zero-order valence-corrected chi connectivity index (χ0v) is 14.7. The molecule has 0 aromatic heterocycles. The molecule has 0 unspecified atom stereocenters. The Balaban J connectivity index is 3.38. The molecule has 0 radical (unpaired) electrons. The number of hydrogen-bond acceptors (Lipinski definition) is 2. The van der Waals surface area contributed by atoms with Crippen LogP contribution in [0.25, 0.3) is 0 Å². The van der Waals surface area contributed by atoms with Crippen molar-refractivity contribution in [2.75, 3.05) is 13.1 Å². The highest BCUT2D eigenvalue weighted by molar-refractivity contribution is 5.75. The molecule has 1 amide bonds. The van der Waals surface area contributed by atoms with Gasteiger partial charge in [-0.15, -0.1) is 0 Å². The Morgan fingerprint density at radius 2 is 1.52 bits per heavy atom. The molecule has 0 fully saturated rings. The van der Waals surface area contributed by atoms with E-state index in [1.807, 2.05) is 0 Å². The van der Waals surface area contributed by atoms with Gasteiger partial charge in [-0.05, 0) is 31.2 Å². The van der Waals surface area contributed by atoms with Crippen molar-refractivity contribution in [1.29, 1.82) is 0 Å². The predicted molar refractivity (Wildman–Crippen MR) is 92.3 cm³/mol. The fourth-order valence-electron chi connectivity index (χ4n) is 2.54. The Bertz CT molecular complexity index is 252. The fourth-order valence-corrected chi connectivity index (χ4v) is 2.54. The van der Waals surface area contributed by atoms with E-state index in [0.29, 0.717) is 13.0 Å². The van der Waals surface area contributed by atoms with Crippen LogP contribution in [0.15, 0.2) is 0 Å². The monoisotopic (exact) mass is 298 g/mol. The van der Waals surface area contributed by atoms with Gasteiger partial charge in [-0.25, -0.2) is 0 Å². The molecule has 0 bridgehead atoms. The minimum Gasteiger partial charge on any atom is -0.356 e. The average molecular weight is 299 g/mol. The summed E-state index contributed by atoms with van der Waals surface area (Å²) < 4.78 is 0. The smallest absolute Gasteiger partial charge is 0.220 e.